The fourth-order valence-corrected chi connectivity index (χ4v) is 3.22. The number of hydrogen-bond acceptors (Lipinski definition) is 4. The molecule has 6 heteroatoms. The van der Waals surface area contributed by atoms with Crippen molar-refractivity contribution in [2.24, 2.45) is 0 Å². The quantitative estimate of drug-likeness (QED) is 0.768. The van der Waals surface area contributed by atoms with E-state index in [1.54, 1.807) is 12.1 Å². The van der Waals surface area contributed by atoms with Crippen molar-refractivity contribution in [1.29, 1.82) is 0 Å². The van der Waals surface area contributed by atoms with E-state index in [0.717, 1.165) is 23.1 Å². The van der Waals surface area contributed by atoms with E-state index in [4.69, 9.17) is 4.74 Å². The number of phenols is 1. The molecule has 6 nitrogen and oxygen atoms in total. The maximum Gasteiger partial charge on any atom is 0.329 e. The van der Waals surface area contributed by atoms with E-state index < -0.39 is 6.03 Å². The summed E-state index contributed by atoms with van der Waals surface area (Å²) in [5, 5.41) is 12.4. The highest BCUT2D eigenvalue weighted by Crippen LogP contribution is 2.36. The maximum atomic E-state index is 11.9. The van der Waals surface area contributed by atoms with E-state index >= 15 is 0 Å². The third-order valence-electron chi connectivity index (χ3n) is 4.91. The molecule has 0 aromatic heterocycles. The van der Waals surface area contributed by atoms with Crippen LogP contribution in [0, 0.1) is 13.8 Å². The molecule has 1 aliphatic rings. The van der Waals surface area contributed by atoms with Crippen LogP contribution in [-0.2, 0) is 4.79 Å². The van der Waals surface area contributed by atoms with Gasteiger partial charge in [-0.15, -0.1) is 0 Å². The second-order valence-corrected chi connectivity index (χ2v) is 6.98. The molecular formula is C21H24N2O4. The highest BCUT2D eigenvalue weighted by atomic mass is 16.5. The van der Waals surface area contributed by atoms with Gasteiger partial charge in [-0.3, -0.25) is 15.0 Å². The molecule has 0 saturated carbocycles. The van der Waals surface area contributed by atoms with Gasteiger partial charge in [0.05, 0.1) is 0 Å². The van der Waals surface area contributed by atoms with Gasteiger partial charge in [0.1, 0.15) is 23.8 Å². The minimum Gasteiger partial charge on any atom is -0.508 e. The van der Waals surface area contributed by atoms with Gasteiger partial charge >= 0.3 is 6.03 Å². The summed E-state index contributed by atoms with van der Waals surface area (Å²) in [6, 6.07) is 8.50. The van der Waals surface area contributed by atoms with Crippen molar-refractivity contribution in [3.05, 3.63) is 47.0 Å². The Balaban J connectivity index is 1.90. The van der Waals surface area contributed by atoms with Crippen molar-refractivity contribution < 1.29 is 19.4 Å². The summed E-state index contributed by atoms with van der Waals surface area (Å²) in [6.45, 7) is 7.96. The van der Waals surface area contributed by atoms with Crippen LogP contribution >= 0.6 is 0 Å². The zero-order valence-corrected chi connectivity index (χ0v) is 16.0. The minimum absolute atomic E-state index is 0.0220. The van der Waals surface area contributed by atoms with Crippen LogP contribution in [-0.4, -0.2) is 23.6 Å². The van der Waals surface area contributed by atoms with Crippen LogP contribution in [0.2, 0.25) is 0 Å². The number of aromatic hydroxyl groups is 1. The Morgan fingerprint density at radius 3 is 2.41 bits per heavy atom. The van der Waals surface area contributed by atoms with Crippen LogP contribution in [0.1, 0.15) is 42.9 Å². The first-order valence-electron chi connectivity index (χ1n) is 9.03. The lowest BCUT2D eigenvalue weighted by Crippen LogP contribution is -2.28. The number of hydrogen-bond donors (Lipinski definition) is 2. The third-order valence-corrected chi connectivity index (χ3v) is 4.91. The first kappa shape index (κ1) is 18.8. The molecule has 27 heavy (non-hydrogen) atoms. The van der Waals surface area contributed by atoms with Gasteiger partial charge in [0.2, 0.25) is 5.91 Å². The van der Waals surface area contributed by atoms with Gasteiger partial charge < -0.3 is 9.84 Å². The summed E-state index contributed by atoms with van der Waals surface area (Å²) in [5.41, 5.74) is 3.23. The molecule has 0 bridgehead atoms. The molecule has 1 heterocycles. The third kappa shape index (κ3) is 3.74. The Morgan fingerprint density at radius 2 is 1.85 bits per heavy atom. The SMILES string of the molecule is CCC(C)c1cc(Oc2c(C)cc(N3CC(=O)NC3=O)cc2C)ccc1O. The Hall–Kier alpha value is -3.02. The topological polar surface area (TPSA) is 78.9 Å². The second-order valence-electron chi connectivity index (χ2n) is 6.98. The largest absolute Gasteiger partial charge is 0.508 e. The first-order valence-corrected chi connectivity index (χ1v) is 9.03. The molecule has 2 aromatic carbocycles. The van der Waals surface area contributed by atoms with Crippen LogP contribution in [0.3, 0.4) is 0 Å². The van der Waals surface area contributed by atoms with Crippen molar-refractivity contribution in [3.63, 3.8) is 0 Å². The van der Waals surface area contributed by atoms with E-state index in [1.807, 2.05) is 32.0 Å². The molecule has 1 unspecified atom stereocenters. The van der Waals surface area contributed by atoms with E-state index in [0.29, 0.717) is 17.2 Å². The summed E-state index contributed by atoms with van der Waals surface area (Å²) < 4.78 is 6.10. The lowest BCUT2D eigenvalue weighted by Gasteiger charge is -2.19. The van der Waals surface area contributed by atoms with Crippen molar-refractivity contribution in [2.45, 2.75) is 40.0 Å². The molecule has 0 spiro atoms. The number of benzene rings is 2. The Labute approximate surface area is 158 Å². The molecule has 142 valence electrons. The lowest BCUT2D eigenvalue weighted by atomic mass is 9.97. The van der Waals surface area contributed by atoms with Crippen LogP contribution in [0.15, 0.2) is 30.3 Å². The zero-order chi connectivity index (χ0) is 19.7. The Bertz CT molecular complexity index is 884. The van der Waals surface area contributed by atoms with Crippen LogP contribution < -0.4 is 15.0 Å². The van der Waals surface area contributed by atoms with Gasteiger partial charge in [-0.2, -0.15) is 0 Å². The highest BCUT2D eigenvalue weighted by Gasteiger charge is 2.28. The number of phenolic OH excluding ortho intramolecular Hbond substituents is 1. The Kier molecular flexibility index (Phi) is 5.08. The van der Waals surface area contributed by atoms with Crippen LogP contribution in [0.4, 0.5) is 10.5 Å². The molecule has 1 aliphatic heterocycles. The van der Waals surface area contributed by atoms with Crippen LogP contribution in [0.5, 0.6) is 17.2 Å². The van der Waals surface area contributed by atoms with Crippen LogP contribution in [0.25, 0.3) is 0 Å². The normalized spacial score (nSPS) is 15.0. The molecule has 1 fully saturated rings. The molecule has 3 rings (SSSR count). The standard InChI is InChI=1S/C21H24N2O4/c1-5-12(2)17-10-16(6-7-18(17)24)27-20-13(3)8-15(9-14(20)4)23-11-19(25)22-21(23)26/h6-10,12,24H,5,11H2,1-4H3,(H,22,25,26). The number of ether oxygens (including phenoxy) is 1. The monoisotopic (exact) mass is 368 g/mol. The molecular weight excluding hydrogens is 344 g/mol. The van der Waals surface area contributed by atoms with Crippen molar-refractivity contribution >= 4 is 17.6 Å². The number of nitrogens with zero attached hydrogens (tertiary/aromatic N) is 1. The van der Waals surface area contributed by atoms with E-state index in [9.17, 15) is 14.7 Å². The van der Waals surface area contributed by atoms with Crippen molar-refractivity contribution in [3.8, 4) is 17.2 Å². The molecule has 0 aliphatic carbocycles. The molecule has 3 amide bonds. The number of rotatable bonds is 5. The first-order chi connectivity index (χ1) is 12.8. The summed E-state index contributed by atoms with van der Waals surface area (Å²) in [7, 11) is 0. The zero-order valence-electron chi connectivity index (χ0n) is 16.0. The summed E-state index contributed by atoms with van der Waals surface area (Å²) in [6.07, 6.45) is 0.917. The van der Waals surface area contributed by atoms with Gasteiger partial charge in [0, 0.05) is 11.3 Å². The van der Waals surface area contributed by atoms with Crippen molar-refractivity contribution in [2.75, 3.05) is 11.4 Å². The Morgan fingerprint density at radius 1 is 1.19 bits per heavy atom. The summed E-state index contributed by atoms with van der Waals surface area (Å²) in [4.78, 5) is 24.7. The van der Waals surface area contributed by atoms with Gasteiger partial charge in [-0.1, -0.05) is 13.8 Å². The summed E-state index contributed by atoms with van der Waals surface area (Å²) >= 11 is 0. The van der Waals surface area contributed by atoms with Gasteiger partial charge in [-0.25, -0.2) is 4.79 Å². The average Bonchev–Trinajstić information content (AvgIpc) is 2.97. The number of imide groups is 1. The number of carbonyl (C=O) groups is 2. The van der Waals surface area contributed by atoms with E-state index in [2.05, 4.69) is 19.2 Å². The fraction of sp³-hybridized carbons (Fsp3) is 0.333. The fourth-order valence-electron chi connectivity index (χ4n) is 3.22. The average molecular weight is 368 g/mol. The molecule has 0 radical (unpaired) electrons. The predicted octanol–water partition coefficient (Wildman–Crippen LogP) is 4.37. The maximum absolute atomic E-state index is 11.9. The highest BCUT2D eigenvalue weighted by molar-refractivity contribution is 6.12. The van der Waals surface area contributed by atoms with Gasteiger partial charge in [0.15, 0.2) is 0 Å². The number of aryl methyl sites for hydroxylation is 2. The molecule has 2 N–H and O–H groups in total. The minimum atomic E-state index is -0.413. The van der Waals surface area contributed by atoms with Crippen molar-refractivity contribution in [1.82, 2.24) is 5.32 Å². The lowest BCUT2D eigenvalue weighted by molar-refractivity contribution is -0.117. The van der Waals surface area contributed by atoms with E-state index in [-0.39, 0.29) is 24.1 Å². The summed E-state index contributed by atoms with van der Waals surface area (Å²) in [5.74, 6) is 1.54. The number of nitrogens with one attached hydrogen (secondary N) is 1. The van der Waals surface area contributed by atoms with Gasteiger partial charge in [-0.05, 0) is 67.6 Å². The van der Waals surface area contributed by atoms with E-state index in [1.165, 1.54) is 4.90 Å². The number of carbonyl (C=O) groups excluding carboxylic acids is 2. The molecule has 1 atom stereocenters. The van der Waals surface area contributed by atoms with Gasteiger partial charge in [0.25, 0.3) is 0 Å². The number of anilines is 1. The number of amides is 3. The molecule has 2 aromatic rings. The molecule has 1 saturated heterocycles. The second kappa shape index (κ2) is 7.31. The predicted molar refractivity (Wildman–Crippen MR) is 104 cm³/mol. The smallest absolute Gasteiger partial charge is 0.329 e. The number of urea groups is 1.